The van der Waals surface area contributed by atoms with Crippen molar-refractivity contribution in [3.63, 3.8) is 0 Å². The Morgan fingerprint density at radius 3 is 3.00 bits per heavy atom. The molecule has 1 saturated heterocycles. The molecule has 0 aliphatic carbocycles. The molecule has 1 aromatic heterocycles. The molecular formula is C15H16N4O. The highest BCUT2D eigenvalue weighted by atomic mass is 16.5. The lowest BCUT2D eigenvalue weighted by Crippen LogP contribution is -2.32. The molecule has 0 bridgehead atoms. The highest BCUT2D eigenvalue weighted by Gasteiger charge is 2.29. The summed E-state index contributed by atoms with van der Waals surface area (Å²) in [7, 11) is 0. The number of hydrogen-bond donors (Lipinski definition) is 1. The van der Waals surface area contributed by atoms with Crippen molar-refractivity contribution < 1.29 is 4.74 Å². The molecule has 5 nitrogen and oxygen atoms in total. The Kier molecular flexibility index (Phi) is 3.25. The van der Waals surface area contributed by atoms with E-state index in [4.69, 9.17) is 4.74 Å². The van der Waals surface area contributed by atoms with Crippen molar-refractivity contribution in [2.75, 3.05) is 18.5 Å². The second-order valence-electron chi connectivity index (χ2n) is 5.31. The molecular weight excluding hydrogens is 252 g/mol. The molecule has 5 heteroatoms. The van der Waals surface area contributed by atoms with E-state index in [2.05, 4.69) is 28.5 Å². The van der Waals surface area contributed by atoms with Crippen LogP contribution in [0.3, 0.4) is 0 Å². The Hall–Kier alpha value is -2.19. The number of nitrogens with one attached hydrogen (secondary N) is 1. The molecule has 0 saturated carbocycles. The highest BCUT2D eigenvalue weighted by molar-refractivity contribution is 5.92. The van der Waals surface area contributed by atoms with Crippen molar-refractivity contribution in [2.24, 2.45) is 0 Å². The van der Waals surface area contributed by atoms with Gasteiger partial charge in [-0.05, 0) is 25.8 Å². The number of nitrogens with zero attached hydrogens (tertiary/aromatic N) is 3. The van der Waals surface area contributed by atoms with Gasteiger partial charge in [-0.1, -0.05) is 18.2 Å². The fourth-order valence-electron chi connectivity index (χ4n) is 2.56. The number of rotatable bonds is 3. The lowest BCUT2D eigenvalue weighted by atomic mass is 10.0. The molecule has 2 aromatic rings. The summed E-state index contributed by atoms with van der Waals surface area (Å²) in [6.45, 7) is 3.56. The van der Waals surface area contributed by atoms with E-state index in [1.165, 1.54) is 0 Å². The van der Waals surface area contributed by atoms with Crippen molar-refractivity contribution in [2.45, 2.75) is 25.4 Å². The molecule has 20 heavy (non-hydrogen) atoms. The molecule has 0 spiro atoms. The minimum Gasteiger partial charge on any atom is -0.379 e. The number of benzene rings is 1. The SMILES string of the molecule is CC1(CNc2c(C#N)nnc3ccccc23)CCCO1. The Bertz CT molecular complexity index is 671. The zero-order valence-corrected chi connectivity index (χ0v) is 11.4. The van der Waals surface area contributed by atoms with Gasteiger partial charge in [0.2, 0.25) is 0 Å². The van der Waals surface area contributed by atoms with Gasteiger partial charge in [0.25, 0.3) is 0 Å². The average molecular weight is 268 g/mol. The topological polar surface area (TPSA) is 70.8 Å². The van der Waals surface area contributed by atoms with Gasteiger partial charge in [-0.25, -0.2) is 0 Å². The second-order valence-corrected chi connectivity index (χ2v) is 5.31. The van der Waals surface area contributed by atoms with Gasteiger partial charge in [0.1, 0.15) is 6.07 Å². The maximum Gasteiger partial charge on any atom is 0.186 e. The first-order chi connectivity index (χ1) is 9.72. The van der Waals surface area contributed by atoms with E-state index in [1.54, 1.807) is 0 Å². The molecule has 102 valence electrons. The van der Waals surface area contributed by atoms with E-state index in [-0.39, 0.29) is 5.60 Å². The minimum atomic E-state index is -0.170. The molecule has 1 aliphatic heterocycles. The van der Waals surface area contributed by atoms with Crippen LogP contribution in [-0.2, 0) is 4.74 Å². The van der Waals surface area contributed by atoms with E-state index in [0.717, 1.165) is 36.0 Å². The fraction of sp³-hybridized carbons (Fsp3) is 0.400. The van der Waals surface area contributed by atoms with Crippen molar-refractivity contribution in [3.8, 4) is 6.07 Å². The minimum absolute atomic E-state index is 0.170. The van der Waals surface area contributed by atoms with Gasteiger partial charge in [0.05, 0.1) is 16.8 Å². The molecule has 1 unspecified atom stereocenters. The van der Waals surface area contributed by atoms with Crippen LogP contribution < -0.4 is 5.32 Å². The molecule has 3 rings (SSSR count). The van der Waals surface area contributed by atoms with Crippen LogP contribution in [0.4, 0.5) is 5.69 Å². The van der Waals surface area contributed by atoms with E-state index in [9.17, 15) is 5.26 Å². The third-order valence-electron chi connectivity index (χ3n) is 3.71. The van der Waals surface area contributed by atoms with Crippen LogP contribution in [0.2, 0.25) is 0 Å². The van der Waals surface area contributed by atoms with E-state index >= 15 is 0 Å². The molecule has 2 heterocycles. The molecule has 1 N–H and O–H groups in total. The predicted molar refractivity (Wildman–Crippen MR) is 76.3 cm³/mol. The van der Waals surface area contributed by atoms with Crippen molar-refractivity contribution in [3.05, 3.63) is 30.0 Å². The first kappa shape index (κ1) is 12.8. The van der Waals surface area contributed by atoms with Gasteiger partial charge in [-0.2, -0.15) is 5.26 Å². The smallest absolute Gasteiger partial charge is 0.186 e. The molecule has 1 fully saturated rings. The van der Waals surface area contributed by atoms with E-state index in [1.807, 2.05) is 24.3 Å². The summed E-state index contributed by atoms with van der Waals surface area (Å²) in [5, 5.41) is 21.5. The van der Waals surface area contributed by atoms with Crippen LogP contribution in [0.5, 0.6) is 0 Å². The number of hydrogen-bond acceptors (Lipinski definition) is 5. The van der Waals surface area contributed by atoms with Gasteiger partial charge < -0.3 is 10.1 Å². The van der Waals surface area contributed by atoms with Gasteiger partial charge >= 0.3 is 0 Å². The summed E-state index contributed by atoms with van der Waals surface area (Å²) in [4.78, 5) is 0. The summed E-state index contributed by atoms with van der Waals surface area (Å²) in [6, 6.07) is 9.79. The standard InChI is InChI=1S/C15H16N4O/c1-15(7-4-8-20-15)10-17-14-11-5-2-3-6-12(11)18-19-13(14)9-16/h2-3,5-6H,4,7-8,10H2,1H3,(H,17,18). The average Bonchev–Trinajstić information content (AvgIpc) is 2.91. The summed E-state index contributed by atoms with van der Waals surface area (Å²) in [6.07, 6.45) is 2.11. The fourth-order valence-corrected chi connectivity index (χ4v) is 2.56. The van der Waals surface area contributed by atoms with Crippen LogP contribution >= 0.6 is 0 Å². The van der Waals surface area contributed by atoms with Gasteiger partial charge in [-0.15, -0.1) is 10.2 Å². The zero-order valence-electron chi connectivity index (χ0n) is 11.4. The molecule has 1 atom stereocenters. The van der Waals surface area contributed by atoms with Crippen molar-refractivity contribution in [1.29, 1.82) is 5.26 Å². The Morgan fingerprint density at radius 1 is 1.40 bits per heavy atom. The van der Waals surface area contributed by atoms with Crippen LogP contribution in [0, 0.1) is 11.3 Å². The summed E-state index contributed by atoms with van der Waals surface area (Å²) in [5.74, 6) is 0. The lowest BCUT2D eigenvalue weighted by molar-refractivity contribution is 0.0315. The summed E-state index contributed by atoms with van der Waals surface area (Å²) >= 11 is 0. The largest absolute Gasteiger partial charge is 0.379 e. The number of nitriles is 1. The Labute approximate surface area is 117 Å². The Balaban J connectivity index is 1.95. The number of ether oxygens (including phenoxy) is 1. The third kappa shape index (κ3) is 2.30. The van der Waals surface area contributed by atoms with Gasteiger partial charge in [0.15, 0.2) is 5.69 Å². The predicted octanol–water partition coefficient (Wildman–Crippen LogP) is 2.48. The van der Waals surface area contributed by atoms with E-state index in [0.29, 0.717) is 12.2 Å². The highest BCUT2D eigenvalue weighted by Crippen LogP contribution is 2.28. The van der Waals surface area contributed by atoms with Crippen molar-refractivity contribution in [1.82, 2.24) is 10.2 Å². The van der Waals surface area contributed by atoms with Crippen LogP contribution in [0.15, 0.2) is 24.3 Å². The number of fused-ring (bicyclic) bond motifs is 1. The first-order valence-corrected chi connectivity index (χ1v) is 6.75. The maximum absolute atomic E-state index is 9.21. The normalized spacial score (nSPS) is 21.8. The van der Waals surface area contributed by atoms with E-state index < -0.39 is 0 Å². The molecule has 0 amide bonds. The number of anilines is 1. The second kappa shape index (κ2) is 5.06. The summed E-state index contributed by atoms with van der Waals surface area (Å²) < 4.78 is 5.77. The van der Waals surface area contributed by atoms with Crippen LogP contribution in [0.1, 0.15) is 25.5 Å². The lowest BCUT2D eigenvalue weighted by Gasteiger charge is -2.24. The van der Waals surface area contributed by atoms with Gasteiger partial charge in [0, 0.05) is 18.5 Å². The Morgan fingerprint density at radius 2 is 2.25 bits per heavy atom. The van der Waals surface area contributed by atoms with Crippen molar-refractivity contribution >= 4 is 16.6 Å². The molecule has 1 aromatic carbocycles. The zero-order chi connectivity index (χ0) is 14.0. The maximum atomic E-state index is 9.21. The number of aromatic nitrogens is 2. The molecule has 0 radical (unpaired) electrons. The summed E-state index contributed by atoms with van der Waals surface area (Å²) in [5.41, 5.74) is 1.68. The monoisotopic (exact) mass is 268 g/mol. The first-order valence-electron chi connectivity index (χ1n) is 6.75. The van der Waals surface area contributed by atoms with Crippen LogP contribution in [0.25, 0.3) is 10.9 Å². The quantitative estimate of drug-likeness (QED) is 0.926. The van der Waals surface area contributed by atoms with Gasteiger partial charge in [-0.3, -0.25) is 0 Å². The van der Waals surface area contributed by atoms with Crippen LogP contribution in [-0.4, -0.2) is 29.0 Å². The molecule has 1 aliphatic rings. The third-order valence-corrected chi connectivity index (χ3v) is 3.71.